The van der Waals surface area contributed by atoms with Crippen molar-refractivity contribution >= 4 is 81.4 Å². The number of benzene rings is 3. The highest BCUT2D eigenvalue weighted by molar-refractivity contribution is 6.36. The fourth-order valence-electron chi connectivity index (χ4n) is 3.81. The molecule has 0 spiro atoms. The molecule has 3 aromatic carbocycles. The molecule has 186 valence electrons. The SMILES string of the molecule is Cc1ccc(NC(=O)c2cc(NC(=O)c3cc(Cl)ccc3Cl)cc3[nH]c(C4(C)CC4)nc23)cc1Cl.Cl. The van der Waals surface area contributed by atoms with E-state index >= 15 is 0 Å². The maximum absolute atomic E-state index is 13.3. The van der Waals surface area contributed by atoms with E-state index in [2.05, 4.69) is 22.5 Å². The van der Waals surface area contributed by atoms with Crippen LogP contribution in [0.25, 0.3) is 11.0 Å². The number of halogens is 4. The van der Waals surface area contributed by atoms with Crippen LogP contribution in [0.1, 0.15) is 51.9 Å². The molecular weight excluding hydrogens is 542 g/mol. The van der Waals surface area contributed by atoms with Crippen LogP contribution in [0, 0.1) is 6.92 Å². The van der Waals surface area contributed by atoms with E-state index in [4.69, 9.17) is 39.8 Å². The van der Waals surface area contributed by atoms with E-state index in [-0.39, 0.29) is 34.3 Å². The van der Waals surface area contributed by atoms with Gasteiger partial charge in [-0.25, -0.2) is 4.98 Å². The number of nitrogens with one attached hydrogen (secondary N) is 3. The van der Waals surface area contributed by atoms with Crippen molar-refractivity contribution in [1.29, 1.82) is 0 Å². The minimum absolute atomic E-state index is 0. The Bertz CT molecular complexity index is 1510. The number of aromatic amines is 1. The lowest BCUT2D eigenvalue weighted by Crippen LogP contribution is -2.15. The van der Waals surface area contributed by atoms with E-state index in [1.54, 1.807) is 36.4 Å². The van der Waals surface area contributed by atoms with E-state index in [1.165, 1.54) is 6.07 Å². The van der Waals surface area contributed by atoms with Crippen LogP contribution in [-0.4, -0.2) is 21.8 Å². The maximum Gasteiger partial charge on any atom is 0.258 e. The number of anilines is 2. The van der Waals surface area contributed by atoms with Gasteiger partial charge in [0, 0.05) is 26.8 Å². The highest BCUT2D eigenvalue weighted by Gasteiger charge is 2.42. The molecule has 4 aromatic rings. The zero-order valence-electron chi connectivity index (χ0n) is 19.3. The number of hydrogen-bond donors (Lipinski definition) is 3. The molecule has 1 saturated carbocycles. The van der Waals surface area contributed by atoms with Crippen LogP contribution in [0.15, 0.2) is 48.5 Å². The molecule has 6 nitrogen and oxygen atoms in total. The van der Waals surface area contributed by atoms with Crippen LogP contribution in [0.3, 0.4) is 0 Å². The molecule has 1 heterocycles. The van der Waals surface area contributed by atoms with Gasteiger partial charge in [0.2, 0.25) is 0 Å². The fraction of sp³-hybridized carbons (Fsp3) is 0.192. The average molecular weight is 564 g/mol. The summed E-state index contributed by atoms with van der Waals surface area (Å²) in [6.07, 6.45) is 2.04. The summed E-state index contributed by atoms with van der Waals surface area (Å²) in [5.41, 5.74) is 3.58. The van der Waals surface area contributed by atoms with Gasteiger partial charge < -0.3 is 15.6 Å². The predicted molar refractivity (Wildman–Crippen MR) is 148 cm³/mol. The van der Waals surface area contributed by atoms with Gasteiger partial charge in [0.1, 0.15) is 11.3 Å². The third-order valence-corrected chi connectivity index (χ3v) is 7.24. The monoisotopic (exact) mass is 562 g/mol. The molecule has 0 bridgehead atoms. The topological polar surface area (TPSA) is 86.9 Å². The van der Waals surface area contributed by atoms with Crippen LogP contribution in [-0.2, 0) is 5.41 Å². The molecule has 0 unspecified atom stereocenters. The van der Waals surface area contributed by atoms with Gasteiger partial charge in [-0.3, -0.25) is 9.59 Å². The second-order valence-corrected chi connectivity index (χ2v) is 10.3. The van der Waals surface area contributed by atoms with Gasteiger partial charge in [-0.05, 0) is 67.8 Å². The maximum atomic E-state index is 13.3. The lowest BCUT2D eigenvalue weighted by molar-refractivity contribution is 0.101. The molecular formula is C26H22Cl4N4O2. The molecule has 0 atom stereocenters. The van der Waals surface area contributed by atoms with Crippen molar-refractivity contribution in [2.75, 3.05) is 10.6 Å². The summed E-state index contributed by atoms with van der Waals surface area (Å²) in [6, 6.07) is 13.3. The lowest BCUT2D eigenvalue weighted by Gasteiger charge is -2.11. The van der Waals surface area contributed by atoms with E-state index in [1.807, 2.05) is 13.0 Å². The Morgan fingerprint density at radius 1 is 0.889 bits per heavy atom. The minimum atomic E-state index is -0.442. The first kappa shape index (κ1) is 26.3. The number of imidazole rings is 1. The number of carbonyl (C=O) groups is 2. The largest absolute Gasteiger partial charge is 0.341 e. The quantitative estimate of drug-likeness (QED) is 0.231. The van der Waals surface area contributed by atoms with Gasteiger partial charge in [0.05, 0.1) is 21.7 Å². The zero-order chi connectivity index (χ0) is 24.9. The molecule has 1 aliphatic carbocycles. The number of amides is 2. The summed E-state index contributed by atoms with van der Waals surface area (Å²) in [5, 5.41) is 6.92. The van der Waals surface area contributed by atoms with Crippen molar-refractivity contribution in [2.45, 2.75) is 32.1 Å². The summed E-state index contributed by atoms with van der Waals surface area (Å²) in [7, 11) is 0. The molecule has 0 radical (unpaired) electrons. The summed E-state index contributed by atoms with van der Waals surface area (Å²) in [5.74, 6) is 0.00881. The van der Waals surface area contributed by atoms with Crippen LogP contribution in [0.2, 0.25) is 15.1 Å². The van der Waals surface area contributed by atoms with E-state index in [0.29, 0.717) is 38.0 Å². The number of H-pyrrole nitrogens is 1. The van der Waals surface area contributed by atoms with Gasteiger partial charge in [-0.15, -0.1) is 12.4 Å². The van der Waals surface area contributed by atoms with Crippen LogP contribution in [0.4, 0.5) is 11.4 Å². The second-order valence-electron chi connectivity index (χ2n) is 9.06. The van der Waals surface area contributed by atoms with Gasteiger partial charge >= 0.3 is 0 Å². The molecule has 10 heteroatoms. The number of fused-ring (bicyclic) bond motifs is 1. The zero-order valence-corrected chi connectivity index (χ0v) is 22.4. The number of nitrogens with zero attached hydrogens (tertiary/aromatic N) is 1. The Labute approximate surface area is 229 Å². The summed E-state index contributed by atoms with van der Waals surface area (Å²) >= 11 is 18.5. The van der Waals surface area contributed by atoms with Crippen molar-refractivity contribution in [1.82, 2.24) is 9.97 Å². The van der Waals surface area contributed by atoms with Gasteiger partial charge in [-0.2, -0.15) is 0 Å². The smallest absolute Gasteiger partial charge is 0.258 e. The van der Waals surface area contributed by atoms with E-state index < -0.39 is 5.91 Å². The Morgan fingerprint density at radius 2 is 1.58 bits per heavy atom. The normalized spacial score (nSPS) is 13.7. The van der Waals surface area contributed by atoms with Gasteiger partial charge in [0.15, 0.2) is 0 Å². The molecule has 36 heavy (non-hydrogen) atoms. The number of hydrogen-bond acceptors (Lipinski definition) is 3. The van der Waals surface area contributed by atoms with Crippen molar-refractivity contribution in [2.24, 2.45) is 0 Å². The standard InChI is InChI=1S/C26H21Cl3N4O2.ClH/c1-13-3-5-15(11-20(13)29)30-24(35)18-10-16(31-23(34)17-9-14(27)4-6-19(17)28)12-21-22(18)33-25(32-21)26(2)7-8-26;/h3-6,9-12H,7-8H2,1-2H3,(H,30,35)(H,31,34)(H,32,33);1H. The van der Waals surface area contributed by atoms with Gasteiger partial charge in [-0.1, -0.05) is 47.8 Å². The van der Waals surface area contributed by atoms with Crippen LogP contribution in [0.5, 0.6) is 0 Å². The van der Waals surface area contributed by atoms with Crippen molar-refractivity contribution in [3.8, 4) is 0 Å². The highest BCUT2D eigenvalue weighted by Crippen LogP contribution is 2.47. The highest BCUT2D eigenvalue weighted by atomic mass is 35.5. The number of rotatable bonds is 5. The molecule has 2 amide bonds. The molecule has 0 saturated heterocycles. The summed E-state index contributed by atoms with van der Waals surface area (Å²) in [4.78, 5) is 34.4. The van der Waals surface area contributed by atoms with Crippen molar-refractivity contribution < 1.29 is 9.59 Å². The predicted octanol–water partition coefficient (Wildman–Crippen LogP) is 7.81. The number of carbonyl (C=O) groups excluding carboxylic acids is 2. The Balaban J connectivity index is 0.00000304. The average Bonchev–Trinajstić information content (AvgIpc) is 3.41. The summed E-state index contributed by atoms with van der Waals surface area (Å²) < 4.78 is 0. The molecule has 1 aliphatic rings. The molecule has 1 fully saturated rings. The van der Waals surface area contributed by atoms with Crippen molar-refractivity contribution in [3.05, 3.63) is 86.1 Å². The Hall–Kier alpha value is -2.77. The van der Waals surface area contributed by atoms with Crippen LogP contribution < -0.4 is 10.6 Å². The summed E-state index contributed by atoms with van der Waals surface area (Å²) in [6.45, 7) is 4.02. The first-order chi connectivity index (χ1) is 16.6. The minimum Gasteiger partial charge on any atom is -0.341 e. The third-order valence-electron chi connectivity index (χ3n) is 6.26. The third kappa shape index (κ3) is 5.18. The number of aromatic nitrogens is 2. The first-order valence-electron chi connectivity index (χ1n) is 11.0. The Morgan fingerprint density at radius 3 is 2.28 bits per heavy atom. The molecule has 1 aromatic heterocycles. The van der Waals surface area contributed by atoms with E-state index in [0.717, 1.165) is 24.2 Å². The Kier molecular flexibility index (Phi) is 7.26. The molecule has 5 rings (SSSR count). The van der Waals surface area contributed by atoms with E-state index in [9.17, 15) is 9.59 Å². The van der Waals surface area contributed by atoms with Crippen molar-refractivity contribution in [3.63, 3.8) is 0 Å². The second kappa shape index (κ2) is 9.94. The fourth-order valence-corrected chi connectivity index (χ4v) is 4.37. The molecule has 3 N–H and O–H groups in total. The molecule has 0 aliphatic heterocycles. The van der Waals surface area contributed by atoms with Gasteiger partial charge in [0.25, 0.3) is 11.8 Å². The first-order valence-corrected chi connectivity index (χ1v) is 12.1. The lowest BCUT2D eigenvalue weighted by atomic mass is 10.1. The van der Waals surface area contributed by atoms with Crippen LogP contribution >= 0.6 is 47.2 Å². The number of aryl methyl sites for hydroxylation is 1.